The summed E-state index contributed by atoms with van der Waals surface area (Å²) in [6.45, 7) is 10.2. The van der Waals surface area contributed by atoms with Crippen molar-refractivity contribution in [1.29, 1.82) is 0 Å². The van der Waals surface area contributed by atoms with Gasteiger partial charge in [0.15, 0.2) is 5.11 Å². The molecule has 0 radical (unpaired) electrons. The molecular weight excluding hydrogens is 430 g/mol. The fourth-order valence-corrected chi connectivity index (χ4v) is 4.47. The van der Waals surface area contributed by atoms with Crippen LogP contribution < -0.4 is 42.5 Å². The average Bonchev–Trinajstić information content (AvgIpc) is 3.06. The highest BCUT2D eigenvalue weighted by atomic mass is 32.1. The maximum atomic E-state index is 11.6. The Morgan fingerprint density at radius 2 is 1.38 bits per heavy atom. The molecular formula is C20H37N9O2S. The third-order valence-corrected chi connectivity index (χ3v) is 6.17. The number of rotatable bonds is 5. The Morgan fingerprint density at radius 1 is 0.906 bits per heavy atom. The van der Waals surface area contributed by atoms with Crippen LogP contribution in [0.15, 0.2) is 12.2 Å². The van der Waals surface area contributed by atoms with Gasteiger partial charge in [0.1, 0.15) is 0 Å². The molecule has 0 atom stereocenters. The molecule has 4 aliphatic rings. The first kappa shape index (κ1) is 25.0. The molecule has 3 saturated heterocycles. The number of hydrogen-bond acceptors (Lipinski definition) is 9. The monoisotopic (exact) mass is 467 g/mol. The van der Waals surface area contributed by atoms with E-state index >= 15 is 0 Å². The number of imide groups is 1. The number of nitrogens with one attached hydrogen (secondary N) is 8. The predicted octanol–water partition coefficient (Wildman–Crippen LogP) is -3.05. The van der Waals surface area contributed by atoms with Gasteiger partial charge < -0.3 is 42.5 Å². The molecule has 11 nitrogen and oxygen atoms in total. The molecule has 0 aromatic heterocycles. The molecule has 8 N–H and O–H groups in total. The van der Waals surface area contributed by atoms with Crippen molar-refractivity contribution in [2.45, 2.75) is 18.9 Å². The van der Waals surface area contributed by atoms with Crippen LogP contribution in [0.2, 0.25) is 0 Å². The maximum absolute atomic E-state index is 11.6. The lowest BCUT2D eigenvalue weighted by atomic mass is 9.90. The lowest BCUT2D eigenvalue weighted by molar-refractivity contribution is -0.136. The van der Waals surface area contributed by atoms with E-state index in [1.807, 2.05) is 0 Å². The summed E-state index contributed by atoms with van der Waals surface area (Å²) >= 11 is 5.58. The highest BCUT2D eigenvalue weighted by molar-refractivity contribution is 7.80. The molecule has 0 aromatic rings. The van der Waals surface area contributed by atoms with Crippen LogP contribution in [0.25, 0.3) is 0 Å². The zero-order valence-corrected chi connectivity index (χ0v) is 19.6. The topological polar surface area (TPSA) is 134 Å². The first-order chi connectivity index (χ1) is 15.4. The van der Waals surface area contributed by atoms with E-state index < -0.39 is 0 Å². The van der Waals surface area contributed by atoms with Gasteiger partial charge in [0.2, 0.25) is 0 Å². The van der Waals surface area contributed by atoms with Gasteiger partial charge in [0, 0.05) is 89.9 Å². The van der Waals surface area contributed by atoms with Crippen molar-refractivity contribution in [3.8, 4) is 0 Å². The summed E-state index contributed by atoms with van der Waals surface area (Å²) in [4.78, 5) is 24.5. The van der Waals surface area contributed by atoms with Crippen LogP contribution in [0.1, 0.15) is 13.3 Å². The van der Waals surface area contributed by atoms with Crippen molar-refractivity contribution in [2.24, 2.45) is 5.41 Å². The van der Waals surface area contributed by atoms with Gasteiger partial charge in [-0.25, -0.2) is 0 Å². The highest BCUT2D eigenvalue weighted by Gasteiger charge is 2.32. The number of carbonyl (C=O) groups excluding carboxylic acids is 2. The van der Waals surface area contributed by atoms with Crippen LogP contribution in [0.3, 0.4) is 0 Å². The first-order valence-electron chi connectivity index (χ1n) is 11.3. The van der Waals surface area contributed by atoms with Crippen molar-refractivity contribution >= 4 is 29.1 Å². The Labute approximate surface area is 195 Å². The Hall–Kier alpha value is -1.67. The molecule has 180 valence electrons. The van der Waals surface area contributed by atoms with Crippen molar-refractivity contribution < 1.29 is 9.59 Å². The van der Waals surface area contributed by atoms with Gasteiger partial charge in [-0.2, -0.15) is 0 Å². The number of fused-ring (bicyclic) bond motifs is 12. The number of amides is 2. The normalized spacial score (nSPS) is 30.1. The van der Waals surface area contributed by atoms with Crippen molar-refractivity contribution in [3.05, 3.63) is 12.2 Å². The van der Waals surface area contributed by atoms with Crippen molar-refractivity contribution in [1.82, 2.24) is 47.4 Å². The summed E-state index contributed by atoms with van der Waals surface area (Å²) in [7, 11) is 0. The van der Waals surface area contributed by atoms with Gasteiger partial charge in [-0.05, 0) is 18.6 Å². The SMILES string of the molecule is CC12CNCNCC(NC(=S)NCCCN3C(=O)C=CC3=O)(CNCNC1)CNCNC2. The zero-order chi connectivity index (χ0) is 22.9. The third kappa shape index (κ3) is 7.44. The van der Waals surface area contributed by atoms with Crippen molar-refractivity contribution in [2.75, 3.05) is 72.4 Å². The second-order valence-corrected chi connectivity index (χ2v) is 9.49. The number of nitrogens with zero attached hydrogens (tertiary/aromatic N) is 1. The highest BCUT2D eigenvalue weighted by Crippen LogP contribution is 2.13. The average molecular weight is 468 g/mol. The maximum Gasteiger partial charge on any atom is 0.253 e. The number of carbonyl (C=O) groups is 2. The fourth-order valence-electron chi connectivity index (χ4n) is 4.15. The lowest BCUT2D eigenvalue weighted by Gasteiger charge is -2.39. The summed E-state index contributed by atoms with van der Waals surface area (Å²) in [5, 5.41) is 28.4. The minimum absolute atomic E-state index is 0.116. The van der Waals surface area contributed by atoms with Crippen LogP contribution in [-0.2, 0) is 9.59 Å². The van der Waals surface area contributed by atoms with Crippen LogP contribution in [0.4, 0.5) is 0 Å². The van der Waals surface area contributed by atoms with E-state index in [2.05, 4.69) is 49.5 Å². The molecule has 0 aromatic carbocycles. The summed E-state index contributed by atoms with van der Waals surface area (Å²) in [5.74, 6) is -0.509. The number of thiocarbonyl (C=S) groups is 1. The molecule has 4 rings (SSSR count). The second-order valence-electron chi connectivity index (χ2n) is 9.08. The zero-order valence-electron chi connectivity index (χ0n) is 18.8. The largest absolute Gasteiger partial charge is 0.363 e. The summed E-state index contributed by atoms with van der Waals surface area (Å²) in [5.41, 5.74) is -0.230. The van der Waals surface area contributed by atoms with Gasteiger partial charge in [-0.1, -0.05) is 6.92 Å². The summed E-state index contributed by atoms with van der Waals surface area (Å²) in [6.07, 6.45) is 3.24. The molecule has 32 heavy (non-hydrogen) atoms. The second kappa shape index (κ2) is 12.0. The van der Waals surface area contributed by atoms with E-state index in [1.54, 1.807) is 0 Å². The summed E-state index contributed by atoms with van der Waals surface area (Å²) in [6, 6.07) is 0. The fraction of sp³-hybridized carbons (Fsp3) is 0.750. The lowest BCUT2D eigenvalue weighted by Crippen LogP contribution is -2.68. The smallest absolute Gasteiger partial charge is 0.253 e. The minimum Gasteiger partial charge on any atom is -0.363 e. The van der Waals surface area contributed by atoms with E-state index in [9.17, 15) is 9.59 Å². The van der Waals surface area contributed by atoms with E-state index in [0.717, 1.165) is 19.6 Å². The third-order valence-electron chi connectivity index (χ3n) is 5.92. The summed E-state index contributed by atoms with van der Waals surface area (Å²) < 4.78 is 0. The number of hydrogen-bond donors (Lipinski definition) is 8. The Kier molecular flexibility index (Phi) is 9.34. The van der Waals surface area contributed by atoms with Crippen molar-refractivity contribution in [3.63, 3.8) is 0 Å². The van der Waals surface area contributed by atoms with Crippen LogP contribution >= 0.6 is 12.2 Å². The van der Waals surface area contributed by atoms with Gasteiger partial charge in [0.25, 0.3) is 11.8 Å². The van der Waals surface area contributed by atoms with Gasteiger partial charge in [-0.15, -0.1) is 0 Å². The molecule has 0 unspecified atom stereocenters. The first-order valence-corrected chi connectivity index (χ1v) is 11.7. The van der Waals surface area contributed by atoms with E-state index in [0.29, 0.717) is 64.3 Å². The molecule has 3 fully saturated rings. The molecule has 0 saturated carbocycles. The molecule has 4 aliphatic heterocycles. The van der Waals surface area contributed by atoms with Crippen LogP contribution in [-0.4, -0.2) is 99.7 Å². The van der Waals surface area contributed by atoms with Crippen LogP contribution in [0.5, 0.6) is 0 Å². The molecule has 0 aliphatic carbocycles. The predicted molar refractivity (Wildman–Crippen MR) is 128 cm³/mol. The Balaban J connectivity index is 1.53. The molecule has 4 heterocycles. The van der Waals surface area contributed by atoms with Gasteiger partial charge in [0.05, 0.1) is 5.54 Å². The van der Waals surface area contributed by atoms with Gasteiger partial charge >= 0.3 is 0 Å². The molecule has 2 amide bonds. The van der Waals surface area contributed by atoms with E-state index in [-0.39, 0.29) is 22.8 Å². The quantitative estimate of drug-likeness (QED) is 0.119. The molecule has 12 heteroatoms. The van der Waals surface area contributed by atoms with E-state index in [4.69, 9.17) is 12.2 Å². The van der Waals surface area contributed by atoms with Crippen LogP contribution in [0, 0.1) is 5.41 Å². The standard InChI is InChI=1S/C20H37N9O2S/c1-19-7-21-13-24-10-20(11-25-14-22-8-19,12-26-15-23-9-19)28-18(32)27-5-2-6-29-16(30)3-4-17(29)31/h3-4,21-26H,2,5-15H2,1H3,(H2,27,28,32). The Bertz CT molecular complexity index is 646. The van der Waals surface area contributed by atoms with E-state index in [1.165, 1.54) is 17.1 Å². The molecule has 0 spiro atoms. The minimum atomic E-state index is -0.346. The molecule has 2 bridgehead atoms. The Morgan fingerprint density at radius 3 is 1.88 bits per heavy atom. The van der Waals surface area contributed by atoms with Gasteiger partial charge in [-0.3, -0.25) is 14.5 Å².